The van der Waals surface area contributed by atoms with Gasteiger partial charge in [-0.3, -0.25) is 4.79 Å². The predicted molar refractivity (Wildman–Crippen MR) is 85.2 cm³/mol. The lowest BCUT2D eigenvalue weighted by molar-refractivity contribution is -0.140. The van der Waals surface area contributed by atoms with E-state index in [0.29, 0.717) is 23.0 Å². The summed E-state index contributed by atoms with van der Waals surface area (Å²) in [4.78, 5) is 16.3. The van der Waals surface area contributed by atoms with Gasteiger partial charge in [-0.15, -0.1) is 11.3 Å². The second-order valence-corrected chi connectivity index (χ2v) is 5.97. The Morgan fingerprint density at radius 2 is 1.96 bits per heavy atom. The molecule has 0 atom stereocenters. The Kier molecular flexibility index (Phi) is 4.58. The molecular formula is C16H11F4N3OS. The monoisotopic (exact) mass is 369 g/mol. The van der Waals surface area contributed by atoms with E-state index >= 15 is 0 Å². The fourth-order valence-electron chi connectivity index (χ4n) is 2.15. The van der Waals surface area contributed by atoms with E-state index in [0.717, 1.165) is 6.07 Å². The van der Waals surface area contributed by atoms with Crippen molar-refractivity contribution in [1.82, 2.24) is 9.55 Å². The molecule has 0 fully saturated rings. The summed E-state index contributed by atoms with van der Waals surface area (Å²) in [5.74, 6) is -1.93. The summed E-state index contributed by atoms with van der Waals surface area (Å²) in [6.07, 6.45) is -1.32. The number of nitrogens with one attached hydrogen (secondary N) is 1. The van der Waals surface area contributed by atoms with E-state index in [-0.39, 0.29) is 12.1 Å². The van der Waals surface area contributed by atoms with E-state index in [1.165, 1.54) is 11.3 Å². The first-order valence-corrected chi connectivity index (χ1v) is 7.95. The van der Waals surface area contributed by atoms with Crippen LogP contribution in [0.1, 0.15) is 11.3 Å². The maximum absolute atomic E-state index is 13.2. The van der Waals surface area contributed by atoms with Crippen LogP contribution in [0.4, 0.5) is 23.2 Å². The van der Waals surface area contributed by atoms with Crippen molar-refractivity contribution in [2.24, 2.45) is 0 Å². The second-order valence-electron chi connectivity index (χ2n) is 5.13. The number of thiazole rings is 1. The molecule has 0 aliphatic rings. The number of nitrogens with zero attached hydrogens (tertiary/aromatic N) is 2. The Hall–Kier alpha value is -2.68. The number of amides is 1. The molecule has 25 heavy (non-hydrogen) atoms. The Balaban J connectivity index is 1.69. The topological polar surface area (TPSA) is 46.9 Å². The number of aromatic nitrogens is 2. The first-order valence-electron chi connectivity index (χ1n) is 7.07. The van der Waals surface area contributed by atoms with Crippen molar-refractivity contribution in [1.29, 1.82) is 0 Å². The van der Waals surface area contributed by atoms with E-state index in [9.17, 15) is 22.4 Å². The normalized spacial score (nSPS) is 11.5. The summed E-state index contributed by atoms with van der Waals surface area (Å²) in [5.41, 5.74) is -1.06. The zero-order valence-corrected chi connectivity index (χ0v) is 13.4. The lowest BCUT2D eigenvalue weighted by atomic mass is 10.1. The molecule has 0 aliphatic heterocycles. The molecule has 1 aromatic carbocycles. The largest absolute Gasteiger partial charge is 0.419 e. The molecule has 0 spiro atoms. The third kappa shape index (κ3) is 4.05. The number of halogens is 4. The van der Waals surface area contributed by atoms with E-state index in [2.05, 4.69) is 10.3 Å². The Bertz CT molecular complexity index is 887. The minimum Gasteiger partial charge on any atom is -0.326 e. The summed E-state index contributed by atoms with van der Waals surface area (Å²) < 4.78 is 53.1. The van der Waals surface area contributed by atoms with Crippen LogP contribution in [0, 0.1) is 5.82 Å². The summed E-state index contributed by atoms with van der Waals surface area (Å²) in [6, 6.07) is 5.99. The number of carbonyl (C=O) groups excluding carboxylic acids is 1. The standard InChI is InChI=1S/C16H11F4N3OS/c17-13-4-3-10(7-12(13)16(18,19)20)21-14(24)8-11-9-25-15(22-11)23-5-1-2-6-23/h1-7,9H,8H2,(H,21,24). The van der Waals surface area contributed by atoms with Crippen LogP contribution >= 0.6 is 11.3 Å². The van der Waals surface area contributed by atoms with Gasteiger partial charge in [0.25, 0.3) is 0 Å². The molecule has 0 aliphatic carbocycles. The van der Waals surface area contributed by atoms with Gasteiger partial charge in [-0.2, -0.15) is 13.2 Å². The maximum Gasteiger partial charge on any atom is 0.419 e. The number of carbonyl (C=O) groups is 1. The zero-order valence-electron chi connectivity index (χ0n) is 12.5. The van der Waals surface area contributed by atoms with E-state index in [1.54, 1.807) is 22.3 Å². The van der Waals surface area contributed by atoms with Crippen LogP contribution in [0.2, 0.25) is 0 Å². The van der Waals surface area contributed by atoms with E-state index in [1.807, 2.05) is 12.1 Å². The third-order valence-corrected chi connectivity index (χ3v) is 4.16. The Labute approximate surface area is 143 Å². The molecule has 0 radical (unpaired) electrons. The first-order chi connectivity index (χ1) is 11.8. The summed E-state index contributed by atoms with van der Waals surface area (Å²) in [7, 11) is 0. The van der Waals surface area contributed by atoms with Crippen molar-refractivity contribution in [3.63, 3.8) is 0 Å². The quantitative estimate of drug-likeness (QED) is 0.698. The fraction of sp³-hybridized carbons (Fsp3) is 0.125. The van der Waals surface area contributed by atoms with Crippen LogP contribution in [-0.2, 0) is 17.4 Å². The van der Waals surface area contributed by atoms with Crippen molar-refractivity contribution < 1.29 is 22.4 Å². The number of hydrogen-bond donors (Lipinski definition) is 1. The fourth-order valence-corrected chi connectivity index (χ4v) is 2.94. The van der Waals surface area contributed by atoms with Crippen molar-refractivity contribution in [3.8, 4) is 5.13 Å². The van der Waals surface area contributed by atoms with Gasteiger partial charge in [0.1, 0.15) is 5.82 Å². The first kappa shape index (κ1) is 17.2. The number of alkyl halides is 3. The molecule has 0 unspecified atom stereocenters. The second kappa shape index (κ2) is 6.67. The van der Waals surface area contributed by atoms with Gasteiger partial charge in [0.2, 0.25) is 5.91 Å². The lowest BCUT2D eigenvalue weighted by Gasteiger charge is -2.10. The molecule has 1 amide bonds. The summed E-state index contributed by atoms with van der Waals surface area (Å²) >= 11 is 1.34. The van der Waals surface area contributed by atoms with Crippen molar-refractivity contribution in [2.75, 3.05) is 5.32 Å². The highest BCUT2D eigenvalue weighted by Gasteiger charge is 2.34. The van der Waals surface area contributed by atoms with Crippen molar-refractivity contribution in [3.05, 3.63) is 65.2 Å². The molecule has 3 rings (SSSR count). The van der Waals surface area contributed by atoms with Crippen LogP contribution in [-0.4, -0.2) is 15.5 Å². The number of rotatable bonds is 4. The van der Waals surface area contributed by atoms with Gasteiger partial charge in [0, 0.05) is 23.5 Å². The Morgan fingerprint density at radius 1 is 1.24 bits per heavy atom. The molecule has 0 bridgehead atoms. The van der Waals surface area contributed by atoms with E-state index < -0.39 is 23.5 Å². The van der Waals surface area contributed by atoms with Gasteiger partial charge >= 0.3 is 6.18 Å². The van der Waals surface area contributed by atoms with Crippen LogP contribution in [0.5, 0.6) is 0 Å². The summed E-state index contributed by atoms with van der Waals surface area (Å²) in [5, 5.41) is 4.70. The van der Waals surface area contributed by atoms with Crippen LogP contribution in [0.15, 0.2) is 48.1 Å². The highest BCUT2D eigenvalue weighted by Crippen LogP contribution is 2.33. The highest BCUT2D eigenvalue weighted by atomic mass is 32.1. The Morgan fingerprint density at radius 3 is 2.64 bits per heavy atom. The van der Waals surface area contributed by atoms with Crippen molar-refractivity contribution in [2.45, 2.75) is 12.6 Å². The van der Waals surface area contributed by atoms with Gasteiger partial charge in [0.05, 0.1) is 17.7 Å². The number of benzene rings is 1. The lowest BCUT2D eigenvalue weighted by Crippen LogP contribution is -2.16. The molecule has 2 heterocycles. The van der Waals surface area contributed by atoms with Gasteiger partial charge < -0.3 is 9.88 Å². The number of anilines is 1. The number of hydrogen-bond acceptors (Lipinski definition) is 3. The zero-order chi connectivity index (χ0) is 18.0. The van der Waals surface area contributed by atoms with Gasteiger partial charge in [0.15, 0.2) is 5.13 Å². The molecule has 0 saturated heterocycles. The molecule has 2 aromatic heterocycles. The molecule has 9 heteroatoms. The molecule has 3 aromatic rings. The highest BCUT2D eigenvalue weighted by molar-refractivity contribution is 7.12. The molecule has 1 N–H and O–H groups in total. The average Bonchev–Trinajstić information content (AvgIpc) is 3.19. The molecule has 0 saturated carbocycles. The minimum absolute atomic E-state index is 0.101. The van der Waals surface area contributed by atoms with Crippen LogP contribution < -0.4 is 5.32 Å². The minimum atomic E-state index is -4.83. The smallest absolute Gasteiger partial charge is 0.326 e. The van der Waals surface area contributed by atoms with Gasteiger partial charge in [-0.25, -0.2) is 9.37 Å². The van der Waals surface area contributed by atoms with Crippen molar-refractivity contribution >= 4 is 22.9 Å². The average molecular weight is 369 g/mol. The summed E-state index contributed by atoms with van der Waals surface area (Å²) in [6.45, 7) is 0. The van der Waals surface area contributed by atoms with Crippen LogP contribution in [0.3, 0.4) is 0 Å². The molecular weight excluding hydrogens is 358 g/mol. The van der Waals surface area contributed by atoms with Crippen LogP contribution in [0.25, 0.3) is 5.13 Å². The van der Waals surface area contributed by atoms with Gasteiger partial charge in [-0.05, 0) is 30.3 Å². The van der Waals surface area contributed by atoms with Gasteiger partial charge in [-0.1, -0.05) is 0 Å². The van der Waals surface area contributed by atoms with E-state index in [4.69, 9.17) is 0 Å². The predicted octanol–water partition coefficient (Wildman–Crippen LogP) is 4.27. The maximum atomic E-state index is 13.2. The SMILES string of the molecule is O=C(Cc1csc(-n2cccc2)n1)Nc1ccc(F)c(C(F)(F)F)c1. The molecule has 130 valence electrons. The molecule has 4 nitrogen and oxygen atoms in total. The third-order valence-electron chi connectivity index (χ3n) is 3.26.